The van der Waals surface area contributed by atoms with Crippen molar-refractivity contribution in [3.63, 3.8) is 0 Å². The second-order valence-corrected chi connectivity index (χ2v) is 3.51. The Hall–Kier alpha value is -0.580. The second kappa shape index (κ2) is 3.55. The van der Waals surface area contributed by atoms with Crippen LogP contribution >= 0.6 is 7.60 Å². The van der Waals surface area contributed by atoms with Crippen molar-refractivity contribution in [1.82, 2.24) is 0 Å². The molecule has 0 atom stereocenters. The third-order valence-corrected chi connectivity index (χ3v) is 1.59. The molecule has 0 aliphatic carbocycles. The van der Waals surface area contributed by atoms with Gasteiger partial charge in [-0.2, -0.15) is 0 Å². The number of oxime groups is 1. The summed E-state index contributed by atoms with van der Waals surface area (Å²) in [6, 6.07) is 0. The number of hydrogen-bond acceptors (Lipinski definition) is 3. The lowest BCUT2D eigenvalue weighted by atomic mass is 10.5. The van der Waals surface area contributed by atoms with Gasteiger partial charge < -0.3 is 20.7 Å². The van der Waals surface area contributed by atoms with Crippen molar-refractivity contribution >= 4 is 13.4 Å². The van der Waals surface area contributed by atoms with Crippen LogP contribution in [0.5, 0.6) is 0 Å². The zero-order valence-electron chi connectivity index (χ0n) is 5.14. The van der Waals surface area contributed by atoms with E-state index in [0.29, 0.717) is 0 Å². The van der Waals surface area contributed by atoms with Gasteiger partial charge in [-0.3, -0.25) is 4.57 Å². The number of amidine groups is 1. The van der Waals surface area contributed by atoms with Crippen LogP contribution in [-0.2, 0) is 4.57 Å². The van der Waals surface area contributed by atoms with Crippen LogP contribution in [0.15, 0.2) is 5.16 Å². The molecule has 0 aromatic rings. The Morgan fingerprint density at radius 3 is 2.40 bits per heavy atom. The third-order valence-electron chi connectivity index (χ3n) is 0.788. The zero-order valence-corrected chi connectivity index (χ0v) is 6.03. The molecule has 0 heterocycles. The summed E-state index contributed by atoms with van der Waals surface area (Å²) in [5.41, 5.74) is 4.94. The van der Waals surface area contributed by atoms with E-state index in [9.17, 15) is 4.57 Å². The predicted molar refractivity (Wildman–Crippen MR) is 34.9 cm³/mol. The second-order valence-electron chi connectivity index (χ2n) is 1.73. The molecule has 60 valence electrons. The zero-order chi connectivity index (χ0) is 8.20. The molecule has 7 heteroatoms. The van der Waals surface area contributed by atoms with Gasteiger partial charge in [-0.05, 0) is 0 Å². The fourth-order valence-corrected chi connectivity index (χ4v) is 0.831. The minimum absolute atomic E-state index is 0.0965. The van der Waals surface area contributed by atoms with Crippen LogP contribution in [0.1, 0.15) is 6.42 Å². The molecule has 0 radical (unpaired) electrons. The van der Waals surface area contributed by atoms with E-state index in [1.807, 2.05) is 0 Å². The molecule has 0 saturated carbocycles. The maximum absolute atomic E-state index is 10.2. The summed E-state index contributed by atoms with van der Waals surface area (Å²) in [6.45, 7) is 0. The highest BCUT2D eigenvalue weighted by Gasteiger charge is 2.12. The van der Waals surface area contributed by atoms with Crippen molar-refractivity contribution in [2.24, 2.45) is 10.9 Å². The fraction of sp³-hybridized carbons (Fsp3) is 0.667. The molecule has 0 bridgehead atoms. The van der Waals surface area contributed by atoms with Crippen LogP contribution in [0, 0.1) is 0 Å². The van der Waals surface area contributed by atoms with Crippen molar-refractivity contribution in [2.45, 2.75) is 6.42 Å². The molecule has 0 unspecified atom stereocenters. The van der Waals surface area contributed by atoms with E-state index in [2.05, 4.69) is 5.16 Å². The van der Waals surface area contributed by atoms with Gasteiger partial charge in [0.05, 0.1) is 6.16 Å². The smallest absolute Gasteiger partial charge is 0.326 e. The highest BCUT2D eigenvalue weighted by atomic mass is 31.2. The van der Waals surface area contributed by atoms with Gasteiger partial charge in [0.2, 0.25) is 0 Å². The Morgan fingerprint density at radius 2 is 2.10 bits per heavy atom. The predicted octanol–water partition coefficient (Wildman–Crippen LogP) is -0.699. The van der Waals surface area contributed by atoms with Crippen molar-refractivity contribution in [2.75, 3.05) is 6.16 Å². The monoisotopic (exact) mass is 168 g/mol. The molecule has 0 fully saturated rings. The largest absolute Gasteiger partial charge is 0.409 e. The van der Waals surface area contributed by atoms with Crippen LogP contribution in [0.3, 0.4) is 0 Å². The maximum Gasteiger partial charge on any atom is 0.326 e. The highest BCUT2D eigenvalue weighted by Crippen LogP contribution is 2.34. The van der Waals surface area contributed by atoms with Crippen molar-refractivity contribution < 1.29 is 19.6 Å². The van der Waals surface area contributed by atoms with E-state index in [4.69, 9.17) is 20.7 Å². The molecule has 6 nitrogen and oxygen atoms in total. The van der Waals surface area contributed by atoms with Crippen LogP contribution in [0.4, 0.5) is 0 Å². The van der Waals surface area contributed by atoms with Gasteiger partial charge in [0.15, 0.2) is 0 Å². The number of rotatable bonds is 3. The molecule has 0 rings (SSSR count). The first-order valence-electron chi connectivity index (χ1n) is 2.46. The van der Waals surface area contributed by atoms with E-state index in [1.165, 1.54) is 0 Å². The van der Waals surface area contributed by atoms with Gasteiger partial charge in [-0.1, -0.05) is 5.16 Å². The van der Waals surface area contributed by atoms with E-state index in [0.717, 1.165) is 0 Å². The number of nitrogens with zero attached hydrogens (tertiary/aromatic N) is 1. The quantitative estimate of drug-likeness (QED) is 0.146. The molecular weight excluding hydrogens is 159 g/mol. The van der Waals surface area contributed by atoms with Gasteiger partial charge in [0, 0.05) is 6.42 Å². The van der Waals surface area contributed by atoms with E-state index in [-0.39, 0.29) is 18.4 Å². The summed E-state index contributed by atoms with van der Waals surface area (Å²) < 4.78 is 10.2. The van der Waals surface area contributed by atoms with E-state index >= 15 is 0 Å². The van der Waals surface area contributed by atoms with Crippen molar-refractivity contribution in [3.8, 4) is 0 Å². The summed E-state index contributed by atoms with van der Waals surface area (Å²) >= 11 is 0. The number of hydrogen-bond donors (Lipinski definition) is 4. The van der Waals surface area contributed by atoms with Crippen LogP contribution < -0.4 is 5.73 Å². The minimum atomic E-state index is -4.00. The van der Waals surface area contributed by atoms with Crippen LogP contribution in [0.25, 0.3) is 0 Å². The summed E-state index contributed by atoms with van der Waals surface area (Å²) in [6.07, 6.45) is -0.482. The standard InChI is InChI=1S/C3H9N2O4P/c4-3(5-6)1-2-10(7,8)9/h6H,1-2H2,(H2,4,5)(H2,7,8,9). The topological polar surface area (TPSA) is 116 Å². The lowest BCUT2D eigenvalue weighted by molar-refractivity contribution is 0.317. The SMILES string of the molecule is N/C(CCP(=O)(O)O)=N\O. The fourth-order valence-electron chi connectivity index (χ4n) is 0.310. The third kappa shape index (κ3) is 5.55. The first-order chi connectivity index (χ1) is 4.45. The normalized spacial score (nSPS) is 13.6. The molecule has 0 spiro atoms. The summed E-state index contributed by atoms with van der Waals surface area (Å²) in [4.78, 5) is 16.6. The summed E-state index contributed by atoms with van der Waals surface area (Å²) in [5, 5.41) is 10.5. The average Bonchev–Trinajstić information content (AvgIpc) is 1.81. The van der Waals surface area contributed by atoms with E-state index < -0.39 is 7.60 Å². The molecule has 10 heavy (non-hydrogen) atoms. The molecule has 0 saturated heterocycles. The molecule has 0 aliphatic rings. The lowest BCUT2D eigenvalue weighted by Gasteiger charge is -2.00. The first kappa shape index (κ1) is 9.42. The minimum Gasteiger partial charge on any atom is -0.409 e. The molecule has 5 N–H and O–H groups in total. The molecule has 0 aromatic carbocycles. The summed E-state index contributed by atoms with van der Waals surface area (Å²) in [7, 11) is -4.00. The van der Waals surface area contributed by atoms with Crippen LogP contribution in [0.2, 0.25) is 0 Å². The Morgan fingerprint density at radius 1 is 1.60 bits per heavy atom. The number of nitrogens with two attached hydrogens (primary N) is 1. The van der Waals surface area contributed by atoms with Gasteiger partial charge in [-0.25, -0.2) is 0 Å². The molecule has 0 amide bonds. The Labute approximate surface area is 57.5 Å². The van der Waals surface area contributed by atoms with Crippen molar-refractivity contribution in [3.05, 3.63) is 0 Å². The van der Waals surface area contributed by atoms with Gasteiger partial charge in [0.25, 0.3) is 0 Å². The molecule has 0 aliphatic heterocycles. The van der Waals surface area contributed by atoms with Crippen molar-refractivity contribution in [1.29, 1.82) is 0 Å². The Balaban J connectivity index is 3.67. The van der Waals surface area contributed by atoms with Gasteiger partial charge >= 0.3 is 7.60 Å². The first-order valence-corrected chi connectivity index (χ1v) is 4.26. The molecule has 0 aromatic heterocycles. The highest BCUT2D eigenvalue weighted by molar-refractivity contribution is 7.51. The lowest BCUT2D eigenvalue weighted by Crippen LogP contribution is -2.13. The Bertz CT molecular complexity index is 173. The van der Waals surface area contributed by atoms with Gasteiger partial charge in [0.1, 0.15) is 5.84 Å². The molecular formula is C3H9N2O4P. The average molecular weight is 168 g/mol. The van der Waals surface area contributed by atoms with E-state index in [1.54, 1.807) is 0 Å². The Kier molecular flexibility index (Phi) is 3.35. The maximum atomic E-state index is 10.2. The van der Waals surface area contributed by atoms with Gasteiger partial charge in [-0.15, -0.1) is 0 Å². The van der Waals surface area contributed by atoms with Crippen LogP contribution in [-0.4, -0.2) is 27.0 Å². The summed E-state index contributed by atoms with van der Waals surface area (Å²) in [5.74, 6) is -0.177.